The number of nitrogens with zero attached hydrogens (tertiary/aromatic N) is 1. The Labute approximate surface area is 108 Å². The topological polar surface area (TPSA) is 51.2 Å². The van der Waals surface area contributed by atoms with Crippen molar-refractivity contribution in [2.45, 2.75) is 39.2 Å². The normalized spacial score (nSPS) is 21.4. The molecule has 4 nitrogen and oxygen atoms in total. The molecule has 4 heteroatoms. The molecule has 0 bridgehead atoms. The van der Waals surface area contributed by atoms with Crippen LogP contribution in [0, 0.1) is 5.92 Å². The van der Waals surface area contributed by atoms with E-state index in [1.165, 1.54) is 19.3 Å². The number of esters is 1. The molecule has 2 atom stereocenters. The highest BCUT2D eigenvalue weighted by Crippen LogP contribution is 2.36. The molecule has 1 aromatic rings. The first kappa shape index (κ1) is 12.9. The number of hydrogen-bond acceptors (Lipinski definition) is 4. The molecule has 2 rings (SSSR count). The summed E-state index contributed by atoms with van der Waals surface area (Å²) in [4.78, 5) is 15.7. The number of nitrogens with one attached hydrogen (secondary N) is 1. The highest BCUT2D eigenvalue weighted by Gasteiger charge is 2.35. The summed E-state index contributed by atoms with van der Waals surface area (Å²) in [6.07, 6.45) is 5.31. The first-order valence-electron chi connectivity index (χ1n) is 6.64. The average Bonchev–Trinajstić information content (AvgIpc) is 3.09. The molecule has 2 unspecified atom stereocenters. The maximum Gasteiger partial charge on any atom is 0.339 e. The number of aromatic nitrogens is 1. The molecule has 0 aromatic carbocycles. The zero-order valence-electron chi connectivity index (χ0n) is 11.0. The van der Waals surface area contributed by atoms with Gasteiger partial charge < -0.3 is 10.1 Å². The van der Waals surface area contributed by atoms with Gasteiger partial charge in [0, 0.05) is 12.2 Å². The largest absolute Gasteiger partial charge is 0.462 e. The van der Waals surface area contributed by atoms with Gasteiger partial charge in [0.25, 0.3) is 0 Å². The molecule has 0 amide bonds. The van der Waals surface area contributed by atoms with Gasteiger partial charge in [0.15, 0.2) is 0 Å². The van der Waals surface area contributed by atoms with E-state index in [-0.39, 0.29) is 5.97 Å². The highest BCUT2D eigenvalue weighted by molar-refractivity contribution is 5.89. The molecule has 1 fully saturated rings. The number of carbonyl (C=O) groups excluding carboxylic acids is 1. The third kappa shape index (κ3) is 3.22. The van der Waals surface area contributed by atoms with Crippen molar-refractivity contribution in [1.82, 2.24) is 4.98 Å². The van der Waals surface area contributed by atoms with Gasteiger partial charge in [-0.1, -0.05) is 13.3 Å². The van der Waals surface area contributed by atoms with E-state index in [1.807, 2.05) is 6.07 Å². The fourth-order valence-corrected chi connectivity index (χ4v) is 2.12. The molecule has 0 spiro atoms. The molecular formula is C14H20N2O2. The second-order valence-electron chi connectivity index (χ2n) is 4.69. The van der Waals surface area contributed by atoms with E-state index in [0.717, 1.165) is 11.7 Å². The maximum absolute atomic E-state index is 11.4. The Balaban J connectivity index is 1.87. The SMILES string of the molecule is CCCC1CC1Nc1ccc(C(=O)OCC)cn1. The number of rotatable bonds is 6. The van der Waals surface area contributed by atoms with E-state index >= 15 is 0 Å². The Hall–Kier alpha value is -1.58. The van der Waals surface area contributed by atoms with Crippen LogP contribution in [0.15, 0.2) is 18.3 Å². The van der Waals surface area contributed by atoms with Gasteiger partial charge in [-0.2, -0.15) is 0 Å². The molecule has 1 saturated carbocycles. The van der Waals surface area contributed by atoms with Crippen molar-refractivity contribution >= 4 is 11.8 Å². The lowest BCUT2D eigenvalue weighted by atomic mass is 10.2. The van der Waals surface area contributed by atoms with Gasteiger partial charge in [0.05, 0.1) is 12.2 Å². The number of ether oxygens (including phenoxy) is 1. The van der Waals surface area contributed by atoms with E-state index < -0.39 is 0 Å². The molecular weight excluding hydrogens is 228 g/mol. The lowest BCUT2D eigenvalue weighted by Crippen LogP contribution is -2.08. The van der Waals surface area contributed by atoms with Gasteiger partial charge in [-0.3, -0.25) is 0 Å². The minimum atomic E-state index is -0.313. The van der Waals surface area contributed by atoms with Gasteiger partial charge in [-0.25, -0.2) is 9.78 Å². The summed E-state index contributed by atoms with van der Waals surface area (Å²) < 4.78 is 4.91. The molecule has 0 saturated heterocycles. The molecule has 1 aliphatic rings. The van der Waals surface area contributed by atoms with Crippen LogP contribution in [0.25, 0.3) is 0 Å². The zero-order chi connectivity index (χ0) is 13.0. The maximum atomic E-state index is 11.4. The number of pyridine rings is 1. The van der Waals surface area contributed by atoms with Crippen LogP contribution in [0.5, 0.6) is 0 Å². The Bertz CT molecular complexity index is 403. The van der Waals surface area contributed by atoms with E-state index in [1.54, 1.807) is 19.2 Å². The molecule has 0 aliphatic heterocycles. The monoisotopic (exact) mass is 248 g/mol. The van der Waals surface area contributed by atoms with Gasteiger partial charge in [0.1, 0.15) is 5.82 Å². The second-order valence-corrected chi connectivity index (χ2v) is 4.69. The smallest absolute Gasteiger partial charge is 0.339 e. The Morgan fingerprint density at radius 3 is 2.94 bits per heavy atom. The van der Waals surface area contributed by atoms with E-state index in [9.17, 15) is 4.79 Å². The summed E-state index contributed by atoms with van der Waals surface area (Å²) >= 11 is 0. The van der Waals surface area contributed by atoms with Crippen molar-refractivity contribution in [3.05, 3.63) is 23.9 Å². The van der Waals surface area contributed by atoms with Crippen LogP contribution in [0.3, 0.4) is 0 Å². The summed E-state index contributed by atoms with van der Waals surface area (Å²) in [5, 5.41) is 3.39. The van der Waals surface area contributed by atoms with E-state index in [4.69, 9.17) is 4.74 Å². The predicted molar refractivity (Wildman–Crippen MR) is 70.6 cm³/mol. The van der Waals surface area contributed by atoms with Crippen molar-refractivity contribution in [2.24, 2.45) is 5.92 Å². The molecule has 1 aromatic heterocycles. The summed E-state index contributed by atoms with van der Waals surface area (Å²) in [5.41, 5.74) is 0.503. The van der Waals surface area contributed by atoms with Crippen LogP contribution >= 0.6 is 0 Å². The highest BCUT2D eigenvalue weighted by atomic mass is 16.5. The van der Waals surface area contributed by atoms with Crippen molar-refractivity contribution in [3.63, 3.8) is 0 Å². The number of hydrogen-bond donors (Lipinski definition) is 1. The number of carbonyl (C=O) groups is 1. The first-order valence-corrected chi connectivity index (χ1v) is 6.64. The third-order valence-corrected chi connectivity index (χ3v) is 3.19. The van der Waals surface area contributed by atoms with Crippen molar-refractivity contribution in [3.8, 4) is 0 Å². The molecule has 18 heavy (non-hydrogen) atoms. The van der Waals surface area contributed by atoms with Crippen molar-refractivity contribution < 1.29 is 9.53 Å². The van der Waals surface area contributed by atoms with E-state index in [2.05, 4.69) is 17.2 Å². The average molecular weight is 248 g/mol. The summed E-state index contributed by atoms with van der Waals surface area (Å²) in [5.74, 6) is 1.32. The Morgan fingerprint density at radius 2 is 2.33 bits per heavy atom. The third-order valence-electron chi connectivity index (χ3n) is 3.19. The lowest BCUT2D eigenvalue weighted by molar-refractivity contribution is 0.0526. The standard InChI is InChI=1S/C14H20N2O2/c1-3-5-10-8-12(10)16-13-7-6-11(9-15-13)14(17)18-4-2/h6-7,9-10,12H,3-5,8H2,1-2H3,(H,15,16). The second kappa shape index (κ2) is 5.85. The summed E-state index contributed by atoms with van der Waals surface area (Å²) in [6.45, 7) is 4.39. The predicted octanol–water partition coefficient (Wildman–Crippen LogP) is 2.86. The van der Waals surface area contributed by atoms with Crippen LogP contribution in [-0.2, 0) is 4.74 Å². The van der Waals surface area contributed by atoms with E-state index in [0.29, 0.717) is 18.2 Å². The Kier molecular flexibility index (Phi) is 4.18. The van der Waals surface area contributed by atoms with Crippen molar-refractivity contribution in [2.75, 3.05) is 11.9 Å². The molecule has 1 heterocycles. The quantitative estimate of drug-likeness (QED) is 0.786. The lowest BCUT2D eigenvalue weighted by Gasteiger charge is -2.06. The van der Waals surface area contributed by atoms with Gasteiger partial charge in [0.2, 0.25) is 0 Å². The van der Waals surface area contributed by atoms with Crippen LogP contribution in [-0.4, -0.2) is 23.6 Å². The minimum absolute atomic E-state index is 0.313. The van der Waals surface area contributed by atoms with Crippen molar-refractivity contribution in [1.29, 1.82) is 0 Å². The van der Waals surface area contributed by atoms with Gasteiger partial charge >= 0.3 is 5.97 Å². The molecule has 98 valence electrons. The molecule has 1 N–H and O–H groups in total. The van der Waals surface area contributed by atoms with Crippen LogP contribution in [0.2, 0.25) is 0 Å². The zero-order valence-corrected chi connectivity index (χ0v) is 11.0. The van der Waals surface area contributed by atoms with Crippen LogP contribution in [0.4, 0.5) is 5.82 Å². The summed E-state index contributed by atoms with van der Waals surface area (Å²) in [7, 11) is 0. The molecule has 0 radical (unpaired) electrons. The Morgan fingerprint density at radius 1 is 1.50 bits per heavy atom. The van der Waals surface area contributed by atoms with Gasteiger partial charge in [-0.05, 0) is 37.8 Å². The fourth-order valence-electron chi connectivity index (χ4n) is 2.12. The summed E-state index contributed by atoms with van der Waals surface area (Å²) in [6, 6.07) is 4.16. The van der Waals surface area contributed by atoms with Gasteiger partial charge in [-0.15, -0.1) is 0 Å². The van der Waals surface area contributed by atoms with Crippen LogP contribution < -0.4 is 5.32 Å². The fraction of sp³-hybridized carbons (Fsp3) is 0.571. The first-order chi connectivity index (χ1) is 8.74. The minimum Gasteiger partial charge on any atom is -0.462 e. The van der Waals surface area contributed by atoms with Crippen LogP contribution in [0.1, 0.15) is 43.5 Å². The molecule has 1 aliphatic carbocycles. The number of anilines is 1.